The summed E-state index contributed by atoms with van der Waals surface area (Å²) < 4.78 is 5.86. The number of piperazine rings is 1. The van der Waals surface area contributed by atoms with Crippen LogP contribution in [0.4, 0.5) is 5.82 Å². The Hall–Kier alpha value is -2.67. The molecule has 0 N–H and O–H groups in total. The first kappa shape index (κ1) is 16.8. The zero-order valence-corrected chi connectivity index (χ0v) is 15.2. The van der Waals surface area contributed by atoms with Gasteiger partial charge < -0.3 is 14.2 Å². The number of nitrogens with zero attached hydrogens (tertiary/aromatic N) is 4. The zero-order valence-electron chi connectivity index (χ0n) is 14.4. The van der Waals surface area contributed by atoms with Crippen LogP contribution in [0.25, 0.3) is 10.6 Å². The van der Waals surface area contributed by atoms with E-state index in [9.17, 15) is 4.79 Å². The van der Waals surface area contributed by atoms with Crippen LogP contribution in [-0.4, -0.2) is 47.0 Å². The summed E-state index contributed by atoms with van der Waals surface area (Å²) in [6.45, 7) is 3.00. The first-order valence-corrected chi connectivity index (χ1v) is 9.59. The lowest BCUT2D eigenvalue weighted by atomic mass is 10.2. The van der Waals surface area contributed by atoms with Gasteiger partial charge in [-0.1, -0.05) is 6.07 Å². The molecule has 1 fully saturated rings. The Bertz CT molecular complexity index is 840. The minimum absolute atomic E-state index is 0.179. The third-order valence-corrected chi connectivity index (χ3v) is 5.40. The van der Waals surface area contributed by atoms with Gasteiger partial charge in [-0.2, -0.15) is 0 Å². The Labute approximate surface area is 156 Å². The van der Waals surface area contributed by atoms with Gasteiger partial charge in [0.05, 0.1) is 11.1 Å². The van der Waals surface area contributed by atoms with Crippen molar-refractivity contribution in [2.24, 2.45) is 0 Å². The van der Waals surface area contributed by atoms with Gasteiger partial charge in [-0.25, -0.2) is 4.98 Å². The van der Waals surface area contributed by atoms with Crippen molar-refractivity contribution in [2.45, 2.75) is 12.8 Å². The van der Waals surface area contributed by atoms with Gasteiger partial charge in [0, 0.05) is 51.4 Å². The van der Waals surface area contributed by atoms with E-state index in [2.05, 4.69) is 14.9 Å². The highest BCUT2D eigenvalue weighted by atomic mass is 32.1. The lowest BCUT2D eigenvalue weighted by molar-refractivity contribution is -0.131. The molecule has 0 radical (unpaired) electrons. The van der Waals surface area contributed by atoms with Crippen molar-refractivity contribution in [2.75, 3.05) is 31.1 Å². The van der Waals surface area contributed by atoms with Crippen LogP contribution in [0.5, 0.6) is 0 Å². The Morgan fingerprint density at radius 3 is 2.77 bits per heavy atom. The average molecular weight is 368 g/mol. The number of rotatable bonds is 5. The monoisotopic (exact) mass is 368 g/mol. The number of anilines is 1. The van der Waals surface area contributed by atoms with Crippen molar-refractivity contribution in [1.29, 1.82) is 0 Å². The van der Waals surface area contributed by atoms with Crippen molar-refractivity contribution in [1.82, 2.24) is 14.9 Å². The van der Waals surface area contributed by atoms with Crippen molar-refractivity contribution < 1.29 is 9.21 Å². The molecule has 0 unspecified atom stereocenters. The summed E-state index contributed by atoms with van der Waals surface area (Å²) >= 11 is 1.65. The molecule has 4 rings (SSSR count). The van der Waals surface area contributed by atoms with Gasteiger partial charge in [0.2, 0.25) is 5.91 Å². The van der Waals surface area contributed by atoms with E-state index < -0.39 is 0 Å². The molecule has 0 saturated carbocycles. The molecule has 0 aliphatic carbocycles. The van der Waals surface area contributed by atoms with E-state index in [1.165, 1.54) is 0 Å². The summed E-state index contributed by atoms with van der Waals surface area (Å²) in [5.74, 6) is 2.79. The maximum atomic E-state index is 12.5. The molecule has 4 heterocycles. The van der Waals surface area contributed by atoms with Crippen LogP contribution in [0.1, 0.15) is 12.2 Å². The number of carbonyl (C=O) groups excluding carboxylic acids is 1. The highest BCUT2D eigenvalue weighted by Crippen LogP contribution is 2.27. The number of hydrogen-bond donors (Lipinski definition) is 0. The molecule has 0 atom stereocenters. The molecular formula is C19H20N4O2S. The highest BCUT2D eigenvalue weighted by Gasteiger charge is 2.22. The van der Waals surface area contributed by atoms with Gasteiger partial charge in [-0.15, -0.1) is 11.3 Å². The first-order valence-electron chi connectivity index (χ1n) is 8.71. The summed E-state index contributed by atoms with van der Waals surface area (Å²) in [7, 11) is 0. The number of hydrogen-bond acceptors (Lipinski definition) is 6. The summed E-state index contributed by atoms with van der Waals surface area (Å²) in [5.41, 5.74) is 0. The Kier molecular flexibility index (Phi) is 4.97. The lowest BCUT2D eigenvalue weighted by Crippen LogP contribution is -2.49. The van der Waals surface area contributed by atoms with Gasteiger partial charge in [0.15, 0.2) is 0 Å². The normalized spacial score (nSPS) is 14.6. The predicted octanol–water partition coefficient (Wildman–Crippen LogP) is 3.08. The quantitative estimate of drug-likeness (QED) is 0.693. The maximum Gasteiger partial charge on any atom is 0.223 e. The molecule has 3 aromatic rings. The number of furan rings is 1. The second-order valence-electron chi connectivity index (χ2n) is 6.17. The molecule has 7 heteroatoms. The van der Waals surface area contributed by atoms with Crippen LogP contribution >= 0.6 is 11.3 Å². The molecule has 3 aromatic heterocycles. The van der Waals surface area contributed by atoms with E-state index in [4.69, 9.17) is 4.42 Å². The molecule has 26 heavy (non-hydrogen) atoms. The topological polar surface area (TPSA) is 62.5 Å². The summed E-state index contributed by atoms with van der Waals surface area (Å²) in [5, 5.41) is 2.03. The molecule has 1 saturated heterocycles. The number of carbonyl (C=O) groups is 1. The second-order valence-corrected chi connectivity index (χ2v) is 7.12. The van der Waals surface area contributed by atoms with Crippen LogP contribution in [-0.2, 0) is 11.2 Å². The van der Waals surface area contributed by atoms with Gasteiger partial charge in [0.25, 0.3) is 0 Å². The van der Waals surface area contributed by atoms with Crippen molar-refractivity contribution in [3.63, 3.8) is 0 Å². The van der Waals surface area contributed by atoms with Crippen molar-refractivity contribution in [3.8, 4) is 10.6 Å². The fourth-order valence-electron chi connectivity index (χ4n) is 3.09. The summed E-state index contributed by atoms with van der Waals surface area (Å²) in [6, 6.07) is 7.99. The molecule has 0 aromatic carbocycles. The minimum atomic E-state index is 0.179. The van der Waals surface area contributed by atoms with Crippen LogP contribution < -0.4 is 4.90 Å². The number of aryl methyl sites for hydroxylation is 1. The number of amides is 1. The Morgan fingerprint density at radius 2 is 2.04 bits per heavy atom. The van der Waals surface area contributed by atoms with Crippen LogP contribution in [0.2, 0.25) is 0 Å². The lowest BCUT2D eigenvalue weighted by Gasteiger charge is -2.35. The third kappa shape index (κ3) is 3.77. The van der Waals surface area contributed by atoms with Crippen LogP contribution in [0.3, 0.4) is 0 Å². The Balaban J connectivity index is 1.27. The molecule has 0 bridgehead atoms. The van der Waals surface area contributed by atoms with E-state index in [1.54, 1.807) is 29.9 Å². The van der Waals surface area contributed by atoms with Gasteiger partial charge >= 0.3 is 0 Å². The van der Waals surface area contributed by atoms with E-state index in [0.717, 1.165) is 35.3 Å². The molecule has 134 valence electrons. The molecule has 0 spiro atoms. The van der Waals surface area contributed by atoms with Crippen molar-refractivity contribution >= 4 is 23.1 Å². The van der Waals surface area contributed by atoms with Crippen molar-refractivity contribution in [3.05, 3.63) is 54.0 Å². The molecule has 6 nitrogen and oxygen atoms in total. The standard InChI is InChI=1S/C19H20N4O2S/c24-19(6-4-15-3-5-16(25-15)17-2-1-13-26-17)23-11-9-22(10-12-23)18-14-20-7-8-21-18/h1-3,5,7-8,13-14H,4,6,9-12H2. The van der Waals surface area contributed by atoms with E-state index in [-0.39, 0.29) is 5.91 Å². The zero-order chi connectivity index (χ0) is 17.8. The molecule has 1 aliphatic rings. The number of thiophene rings is 1. The van der Waals surface area contributed by atoms with E-state index in [1.807, 2.05) is 34.5 Å². The van der Waals surface area contributed by atoms with Gasteiger partial charge in [0.1, 0.15) is 17.3 Å². The molecule has 1 aliphatic heterocycles. The fraction of sp³-hybridized carbons (Fsp3) is 0.316. The molecular weight excluding hydrogens is 348 g/mol. The smallest absolute Gasteiger partial charge is 0.223 e. The molecule has 1 amide bonds. The van der Waals surface area contributed by atoms with E-state index in [0.29, 0.717) is 25.9 Å². The minimum Gasteiger partial charge on any atom is -0.460 e. The summed E-state index contributed by atoms with van der Waals surface area (Å²) in [6.07, 6.45) is 6.24. The Morgan fingerprint density at radius 1 is 1.15 bits per heavy atom. The van der Waals surface area contributed by atoms with Gasteiger partial charge in [-0.3, -0.25) is 9.78 Å². The summed E-state index contributed by atoms with van der Waals surface area (Å²) in [4.78, 5) is 26.1. The third-order valence-electron chi connectivity index (χ3n) is 4.52. The first-order chi connectivity index (χ1) is 12.8. The van der Waals surface area contributed by atoms with Crippen LogP contribution in [0, 0.1) is 0 Å². The largest absolute Gasteiger partial charge is 0.460 e. The maximum absolute atomic E-state index is 12.5. The fourth-order valence-corrected chi connectivity index (χ4v) is 3.78. The SMILES string of the molecule is O=C(CCc1ccc(-c2cccs2)o1)N1CCN(c2cnccn2)CC1. The van der Waals surface area contributed by atoms with Gasteiger partial charge in [-0.05, 0) is 23.6 Å². The average Bonchev–Trinajstić information content (AvgIpc) is 3.38. The van der Waals surface area contributed by atoms with Crippen LogP contribution in [0.15, 0.2) is 52.7 Å². The second kappa shape index (κ2) is 7.70. The number of aromatic nitrogens is 2. The van der Waals surface area contributed by atoms with E-state index >= 15 is 0 Å². The highest BCUT2D eigenvalue weighted by molar-refractivity contribution is 7.13. The predicted molar refractivity (Wildman–Crippen MR) is 101 cm³/mol.